The van der Waals surface area contributed by atoms with Crippen molar-refractivity contribution in [3.63, 3.8) is 0 Å². The molecule has 0 radical (unpaired) electrons. The lowest BCUT2D eigenvalue weighted by atomic mass is 10.1. The minimum atomic E-state index is -0.145. The van der Waals surface area contributed by atoms with Gasteiger partial charge in [0.25, 0.3) is 0 Å². The molecule has 150 valence electrons. The first-order chi connectivity index (χ1) is 14.0. The number of anilines is 1. The molecule has 0 aliphatic carbocycles. The Morgan fingerprint density at radius 2 is 1.86 bits per heavy atom. The largest absolute Gasteiger partial charge is 0.356 e. The van der Waals surface area contributed by atoms with Gasteiger partial charge in [-0.2, -0.15) is 0 Å². The van der Waals surface area contributed by atoms with Crippen LogP contribution < -0.4 is 10.6 Å². The van der Waals surface area contributed by atoms with E-state index in [9.17, 15) is 9.59 Å². The molecule has 0 unspecified atom stereocenters. The zero-order chi connectivity index (χ0) is 20.6. The van der Waals surface area contributed by atoms with Crippen LogP contribution in [-0.4, -0.2) is 23.3 Å². The minimum Gasteiger partial charge on any atom is -0.356 e. The van der Waals surface area contributed by atoms with Crippen LogP contribution in [0.1, 0.15) is 24.5 Å². The fourth-order valence-electron chi connectivity index (χ4n) is 2.84. The standard InChI is InChI=1S/C22H22ClN3O2S/c1-15(27)24-12-4-5-16-8-10-17(11-9-16)20-14-29-22(25-20)26-21(28)13-18-6-2-3-7-19(18)23/h2-3,6-11,14H,4-5,12-13H2,1H3,(H,24,27)(H,25,26,28). The Labute approximate surface area is 179 Å². The SMILES string of the molecule is CC(=O)NCCCc1ccc(-c2csc(NC(=O)Cc3ccccc3Cl)n2)cc1. The Morgan fingerprint density at radius 1 is 1.10 bits per heavy atom. The molecule has 7 heteroatoms. The zero-order valence-electron chi connectivity index (χ0n) is 16.1. The van der Waals surface area contributed by atoms with E-state index in [1.807, 2.05) is 35.7 Å². The summed E-state index contributed by atoms with van der Waals surface area (Å²) >= 11 is 7.51. The lowest BCUT2D eigenvalue weighted by Gasteiger charge is -2.04. The summed E-state index contributed by atoms with van der Waals surface area (Å²) in [5, 5.41) is 8.71. The van der Waals surface area contributed by atoms with Crippen LogP contribution in [-0.2, 0) is 22.4 Å². The second-order valence-corrected chi connectivity index (χ2v) is 7.90. The third-order valence-electron chi connectivity index (χ3n) is 4.33. The Bertz CT molecular complexity index is 986. The number of hydrogen-bond acceptors (Lipinski definition) is 4. The highest BCUT2D eigenvalue weighted by molar-refractivity contribution is 7.14. The lowest BCUT2D eigenvalue weighted by molar-refractivity contribution is -0.119. The molecule has 1 aromatic heterocycles. The van der Waals surface area contributed by atoms with E-state index in [0.717, 1.165) is 29.7 Å². The molecule has 3 rings (SSSR count). The van der Waals surface area contributed by atoms with E-state index < -0.39 is 0 Å². The van der Waals surface area contributed by atoms with Crippen molar-refractivity contribution in [2.24, 2.45) is 0 Å². The summed E-state index contributed by atoms with van der Waals surface area (Å²) in [5.41, 5.74) is 3.83. The molecule has 0 bridgehead atoms. The van der Waals surface area contributed by atoms with Gasteiger partial charge in [0, 0.05) is 29.4 Å². The number of hydrogen-bond donors (Lipinski definition) is 2. The minimum absolute atomic E-state index is 0.00126. The molecule has 0 saturated heterocycles. The lowest BCUT2D eigenvalue weighted by Crippen LogP contribution is -2.21. The van der Waals surface area contributed by atoms with Crippen LogP contribution in [0.25, 0.3) is 11.3 Å². The normalized spacial score (nSPS) is 10.6. The van der Waals surface area contributed by atoms with E-state index in [1.165, 1.54) is 23.8 Å². The van der Waals surface area contributed by atoms with Crippen LogP contribution in [0.4, 0.5) is 5.13 Å². The smallest absolute Gasteiger partial charge is 0.230 e. The van der Waals surface area contributed by atoms with Gasteiger partial charge in [-0.05, 0) is 30.0 Å². The van der Waals surface area contributed by atoms with Gasteiger partial charge in [0.05, 0.1) is 12.1 Å². The van der Waals surface area contributed by atoms with Gasteiger partial charge in [-0.1, -0.05) is 54.1 Å². The highest BCUT2D eigenvalue weighted by atomic mass is 35.5. The first-order valence-corrected chi connectivity index (χ1v) is 10.6. The maximum absolute atomic E-state index is 12.3. The molecule has 3 aromatic rings. The van der Waals surface area contributed by atoms with Crippen LogP contribution in [0.3, 0.4) is 0 Å². The molecule has 2 N–H and O–H groups in total. The molecule has 2 aromatic carbocycles. The number of nitrogens with one attached hydrogen (secondary N) is 2. The van der Waals surface area contributed by atoms with Crippen LogP contribution in [0.15, 0.2) is 53.9 Å². The van der Waals surface area contributed by atoms with Crippen LogP contribution in [0, 0.1) is 0 Å². The molecule has 5 nitrogen and oxygen atoms in total. The molecule has 0 spiro atoms. The molecule has 0 fully saturated rings. The first-order valence-electron chi connectivity index (χ1n) is 9.34. The number of aryl methyl sites for hydroxylation is 1. The first kappa shape index (κ1) is 21.0. The Hall–Kier alpha value is -2.70. The fourth-order valence-corrected chi connectivity index (χ4v) is 3.78. The number of thiazole rings is 1. The van der Waals surface area contributed by atoms with E-state index in [4.69, 9.17) is 11.6 Å². The third kappa shape index (κ3) is 6.41. The number of carbonyl (C=O) groups excluding carboxylic acids is 2. The zero-order valence-corrected chi connectivity index (χ0v) is 17.6. The molecular weight excluding hydrogens is 406 g/mol. The number of rotatable bonds is 8. The van der Waals surface area contributed by atoms with Gasteiger partial charge in [0.2, 0.25) is 11.8 Å². The van der Waals surface area contributed by atoms with Crippen molar-refractivity contribution >= 4 is 39.9 Å². The Morgan fingerprint density at radius 3 is 2.59 bits per heavy atom. The highest BCUT2D eigenvalue weighted by Crippen LogP contribution is 2.26. The summed E-state index contributed by atoms with van der Waals surface area (Å²) in [6.45, 7) is 2.20. The van der Waals surface area contributed by atoms with Crippen molar-refractivity contribution in [1.82, 2.24) is 10.3 Å². The summed E-state index contributed by atoms with van der Waals surface area (Å²) < 4.78 is 0. The summed E-state index contributed by atoms with van der Waals surface area (Å²) in [6, 6.07) is 15.5. The molecule has 29 heavy (non-hydrogen) atoms. The highest BCUT2D eigenvalue weighted by Gasteiger charge is 2.10. The van der Waals surface area contributed by atoms with Gasteiger partial charge in [0.1, 0.15) is 0 Å². The monoisotopic (exact) mass is 427 g/mol. The number of carbonyl (C=O) groups is 2. The van der Waals surface area contributed by atoms with Gasteiger partial charge in [-0.25, -0.2) is 4.98 Å². The quantitative estimate of drug-likeness (QED) is 0.511. The molecule has 0 atom stereocenters. The number of aromatic nitrogens is 1. The Kier molecular flexibility index (Phi) is 7.38. The van der Waals surface area contributed by atoms with Crippen molar-refractivity contribution < 1.29 is 9.59 Å². The maximum Gasteiger partial charge on any atom is 0.230 e. The Balaban J connectivity index is 1.54. The molecule has 1 heterocycles. The van der Waals surface area contributed by atoms with Crippen molar-refractivity contribution in [2.45, 2.75) is 26.2 Å². The number of benzene rings is 2. The third-order valence-corrected chi connectivity index (χ3v) is 5.45. The molecule has 0 aliphatic rings. The average molecular weight is 428 g/mol. The van der Waals surface area contributed by atoms with E-state index in [-0.39, 0.29) is 18.2 Å². The van der Waals surface area contributed by atoms with Gasteiger partial charge < -0.3 is 10.6 Å². The second kappa shape index (κ2) is 10.2. The van der Waals surface area contributed by atoms with Gasteiger partial charge in [-0.3, -0.25) is 9.59 Å². The van der Waals surface area contributed by atoms with E-state index in [2.05, 4.69) is 27.8 Å². The van der Waals surface area contributed by atoms with Crippen LogP contribution >= 0.6 is 22.9 Å². The summed E-state index contributed by atoms with van der Waals surface area (Å²) in [4.78, 5) is 27.7. The number of amides is 2. The number of nitrogens with zero attached hydrogens (tertiary/aromatic N) is 1. The van der Waals surface area contributed by atoms with E-state index in [0.29, 0.717) is 16.7 Å². The molecule has 0 aliphatic heterocycles. The average Bonchev–Trinajstić information content (AvgIpc) is 3.16. The molecular formula is C22H22ClN3O2S. The van der Waals surface area contributed by atoms with E-state index >= 15 is 0 Å². The van der Waals surface area contributed by atoms with Crippen LogP contribution in [0.2, 0.25) is 5.02 Å². The fraction of sp³-hybridized carbons (Fsp3) is 0.227. The summed E-state index contributed by atoms with van der Waals surface area (Å²) in [5.74, 6) is -0.146. The van der Waals surface area contributed by atoms with Crippen LogP contribution in [0.5, 0.6) is 0 Å². The summed E-state index contributed by atoms with van der Waals surface area (Å²) in [6.07, 6.45) is 2.01. The van der Waals surface area contributed by atoms with Crippen molar-refractivity contribution in [3.05, 3.63) is 70.1 Å². The van der Waals surface area contributed by atoms with Gasteiger partial charge in [0.15, 0.2) is 5.13 Å². The van der Waals surface area contributed by atoms with Crippen molar-refractivity contribution in [2.75, 3.05) is 11.9 Å². The molecule has 2 amide bonds. The van der Waals surface area contributed by atoms with Crippen molar-refractivity contribution in [3.8, 4) is 11.3 Å². The maximum atomic E-state index is 12.3. The topological polar surface area (TPSA) is 71.1 Å². The van der Waals surface area contributed by atoms with Crippen molar-refractivity contribution in [1.29, 1.82) is 0 Å². The van der Waals surface area contributed by atoms with Gasteiger partial charge in [-0.15, -0.1) is 11.3 Å². The second-order valence-electron chi connectivity index (χ2n) is 6.64. The van der Waals surface area contributed by atoms with Gasteiger partial charge >= 0.3 is 0 Å². The predicted octanol–water partition coefficient (Wildman–Crippen LogP) is 4.71. The predicted molar refractivity (Wildman–Crippen MR) is 118 cm³/mol. The number of halogens is 1. The summed E-state index contributed by atoms with van der Waals surface area (Å²) in [7, 11) is 0. The molecule has 0 saturated carbocycles. The van der Waals surface area contributed by atoms with E-state index in [1.54, 1.807) is 6.07 Å².